The lowest BCUT2D eigenvalue weighted by molar-refractivity contribution is -0.0477. The van der Waals surface area contributed by atoms with Gasteiger partial charge in [0.1, 0.15) is 0 Å². The van der Waals surface area contributed by atoms with Gasteiger partial charge in [-0.3, -0.25) is 4.90 Å². The van der Waals surface area contributed by atoms with Gasteiger partial charge in [-0.05, 0) is 19.3 Å². The summed E-state index contributed by atoms with van der Waals surface area (Å²) >= 11 is 0. The molecule has 4 heteroatoms. The first kappa shape index (κ1) is 17.8. The highest BCUT2D eigenvalue weighted by molar-refractivity contribution is 4.96. The zero-order valence-corrected chi connectivity index (χ0v) is 13.0. The topological polar surface area (TPSA) is 47.7 Å². The molecule has 0 aliphatic heterocycles. The molecular formula is C14H32N2O2. The molecular weight excluding hydrogens is 228 g/mol. The third-order valence-electron chi connectivity index (χ3n) is 4.05. The van der Waals surface area contributed by atoms with Crippen LogP contribution in [0, 0.1) is 5.92 Å². The Morgan fingerprint density at radius 1 is 1.17 bits per heavy atom. The summed E-state index contributed by atoms with van der Waals surface area (Å²) in [4.78, 5) is 2.46. The third kappa shape index (κ3) is 4.19. The molecule has 0 amide bonds. The summed E-state index contributed by atoms with van der Waals surface area (Å²) in [6.45, 7) is 11.8. The van der Waals surface area contributed by atoms with Gasteiger partial charge >= 0.3 is 0 Å². The molecule has 2 atom stereocenters. The number of nitrogens with two attached hydrogens (primary N) is 1. The lowest BCUT2D eigenvalue weighted by Gasteiger charge is -2.49. The van der Waals surface area contributed by atoms with Crippen molar-refractivity contribution in [2.75, 3.05) is 40.5 Å². The minimum atomic E-state index is -0.108. The van der Waals surface area contributed by atoms with E-state index in [0.29, 0.717) is 25.1 Å². The molecule has 0 aliphatic rings. The number of nitrogens with zero attached hydrogens (tertiary/aromatic N) is 1. The van der Waals surface area contributed by atoms with Crippen molar-refractivity contribution in [2.45, 2.75) is 45.7 Å². The predicted molar refractivity (Wildman–Crippen MR) is 76.8 cm³/mol. The van der Waals surface area contributed by atoms with Crippen LogP contribution in [0.15, 0.2) is 0 Å². The highest BCUT2D eigenvalue weighted by Gasteiger charge is 2.40. The summed E-state index contributed by atoms with van der Waals surface area (Å²) in [5, 5.41) is 0. The van der Waals surface area contributed by atoms with Crippen molar-refractivity contribution < 1.29 is 9.47 Å². The van der Waals surface area contributed by atoms with E-state index in [1.807, 2.05) is 0 Å². The Labute approximate surface area is 113 Å². The average Bonchev–Trinajstić information content (AvgIpc) is 2.36. The largest absolute Gasteiger partial charge is 0.383 e. The Morgan fingerprint density at radius 2 is 1.78 bits per heavy atom. The molecule has 4 nitrogen and oxygen atoms in total. The summed E-state index contributed by atoms with van der Waals surface area (Å²) < 4.78 is 10.7. The first-order valence-corrected chi connectivity index (χ1v) is 6.94. The normalized spacial score (nSPS) is 17.2. The second kappa shape index (κ2) is 8.86. The molecule has 0 saturated heterocycles. The number of methoxy groups -OCH3 is 2. The van der Waals surface area contributed by atoms with E-state index < -0.39 is 0 Å². The Balaban J connectivity index is 5.16. The molecule has 0 heterocycles. The molecule has 0 spiro atoms. The number of hydrogen-bond acceptors (Lipinski definition) is 4. The van der Waals surface area contributed by atoms with Gasteiger partial charge in [0, 0.05) is 33.4 Å². The van der Waals surface area contributed by atoms with Crippen molar-refractivity contribution in [2.24, 2.45) is 11.7 Å². The van der Waals surface area contributed by atoms with Gasteiger partial charge in [-0.2, -0.15) is 0 Å². The Bertz CT molecular complexity index is 212. The van der Waals surface area contributed by atoms with Gasteiger partial charge in [0.2, 0.25) is 0 Å². The Morgan fingerprint density at radius 3 is 2.11 bits per heavy atom. The zero-order valence-electron chi connectivity index (χ0n) is 13.0. The van der Waals surface area contributed by atoms with Gasteiger partial charge in [0.25, 0.3) is 0 Å². The number of hydrogen-bond donors (Lipinski definition) is 1. The van der Waals surface area contributed by atoms with E-state index in [0.717, 1.165) is 19.6 Å². The lowest BCUT2D eigenvalue weighted by Crippen LogP contribution is -2.63. The fourth-order valence-electron chi connectivity index (χ4n) is 2.54. The monoisotopic (exact) mass is 260 g/mol. The molecule has 2 unspecified atom stereocenters. The Hall–Kier alpha value is -0.160. The molecule has 0 radical (unpaired) electrons. The molecule has 0 aromatic carbocycles. The van der Waals surface area contributed by atoms with Gasteiger partial charge < -0.3 is 15.2 Å². The van der Waals surface area contributed by atoms with E-state index in [1.165, 1.54) is 0 Å². The highest BCUT2D eigenvalue weighted by Crippen LogP contribution is 2.27. The fourth-order valence-corrected chi connectivity index (χ4v) is 2.54. The minimum Gasteiger partial charge on any atom is -0.383 e. The van der Waals surface area contributed by atoms with Crippen molar-refractivity contribution in [1.82, 2.24) is 4.90 Å². The predicted octanol–water partition coefficient (Wildman–Crippen LogP) is 1.73. The van der Waals surface area contributed by atoms with Crippen molar-refractivity contribution in [3.8, 4) is 0 Å². The van der Waals surface area contributed by atoms with Crippen molar-refractivity contribution in [1.29, 1.82) is 0 Å². The standard InChI is InChI=1S/C14H32N2O2/c1-7-13(4)16(8-9-17-5)14(10-15,11-18-6)12(2)3/h12-13H,7-11,15H2,1-6H3. The van der Waals surface area contributed by atoms with Gasteiger partial charge in [-0.25, -0.2) is 0 Å². The van der Waals surface area contributed by atoms with Crippen LogP contribution in [0.25, 0.3) is 0 Å². The summed E-state index contributed by atoms with van der Waals surface area (Å²) in [7, 11) is 3.49. The average molecular weight is 260 g/mol. The van der Waals surface area contributed by atoms with Crippen LogP contribution in [0.2, 0.25) is 0 Å². The Kier molecular flexibility index (Phi) is 8.78. The summed E-state index contributed by atoms with van der Waals surface area (Å²) in [6.07, 6.45) is 1.10. The zero-order chi connectivity index (χ0) is 14.2. The van der Waals surface area contributed by atoms with E-state index in [1.54, 1.807) is 14.2 Å². The van der Waals surface area contributed by atoms with E-state index >= 15 is 0 Å². The van der Waals surface area contributed by atoms with Crippen LogP contribution < -0.4 is 5.73 Å². The maximum Gasteiger partial charge on any atom is 0.0661 e. The molecule has 110 valence electrons. The first-order valence-electron chi connectivity index (χ1n) is 6.94. The van der Waals surface area contributed by atoms with Crippen molar-refractivity contribution in [3.63, 3.8) is 0 Å². The van der Waals surface area contributed by atoms with Crippen molar-refractivity contribution >= 4 is 0 Å². The summed E-state index contributed by atoms with van der Waals surface area (Å²) in [5.74, 6) is 0.438. The number of ether oxygens (including phenoxy) is 2. The fraction of sp³-hybridized carbons (Fsp3) is 1.00. The number of rotatable bonds is 10. The van der Waals surface area contributed by atoms with Crippen LogP contribution in [0.1, 0.15) is 34.1 Å². The molecule has 0 aliphatic carbocycles. The van der Waals surface area contributed by atoms with Gasteiger partial charge in [0.15, 0.2) is 0 Å². The van der Waals surface area contributed by atoms with E-state index in [4.69, 9.17) is 15.2 Å². The molecule has 0 fully saturated rings. The SMILES string of the molecule is CCC(C)N(CCOC)C(CN)(COC)C(C)C. The van der Waals surface area contributed by atoms with Crippen LogP contribution in [-0.4, -0.2) is 57.0 Å². The van der Waals surface area contributed by atoms with E-state index in [2.05, 4.69) is 32.6 Å². The lowest BCUT2D eigenvalue weighted by atomic mass is 9.83. The minimum absolute atomic E-state index is 0.108. The second-order valence-electron chi connectivity index (χ2n) is 5.34. The van der Waals surface area contributed by atoms with E-state index in [-0.39, 0.29) is 5.54 Å². The summed E-state index contributed by atoms with van der Waals surface area (Å²) in [5.41, 5.74) is 5.99. The molecule has 18 heavy (non-hydrogen) atoms. The van der Waals surface area contributed by atoms with Crippen LogP contribution in [0.3, 0.4) is 0 Å². The van der Waals surface area contributed by atoms with Crippen LogP contribution in [-0.2, 0) is 9.47 Å². The third-order valence-corrected chi connectivity index (χ3v) is 4.05. The van der Waals surface area contributed by atoms with Crippen LogP contribution in [0.5, 0.6) is 0 Å². The molecule has 0 saturated carbocycles. The quantitative estimate of drug-likeness (QED) is 0.650. The van der Waals surface area contributed by atoms with E-state index in [9.17, 15) is 0 Å². The molecule has 0 aromatic rings. The highest BCUT2D eigenvalue weighted by atomic mass is 16.5. The van der Waals surface area contributed by atoms with Gasteiger partial charge in [0.05, 0.1) is 18.8 Å². The second-order valence-corrected chi connectivity index (χ2v) is 5.34. The molecule has 0 bridgehead atoms. The van der Waals surface area contributed by atoms with Crippen LogP contribution in [0.4, 0.5) is 0 Å². The molecule has 0 rings (SSSR count). The first-order chi connectivity index (χ1) is 8.49. The maximum absolute atomic E-state index is 6.10. The van der Waals surface area contributed by atoms with Gasteiger partial charge in [-0.1, -0.05) is 20.8 Å². The van der Waals surface area contributed by atoms with Crippen molar-refractivity contribution in [3.05, 3.63) is 0 Å². The summed E-state index contributed by atoms with van der Waals surface area (Å²) in [6, 6.07) is 0.473. The van der Waals surface area contributed by atoms with Crippen LogP contribution >= 0.6 is 0 Å². The molecule has 2 N–H and O–H groups in total. The maximum atomic E-state index is 6.10. The molecule has 0 aromatic heterocycles. The van der Waals surface area contributed by atoms with Gasteiger partial charge in [-0.15, -0.1) is 0 Å². The smallest absolute Gasteiger partial charge is 0.0661 e.